The van der Waals surface area contributed by atoms with E-state index < -0.39 is 34.1 Å². The average molecular weight is 759 g/mol. The molecule has 1 aromatic heterocycles. The first-order chi connectivity index (χ1) is 23.4. The third-order valence-electron chi connectivity index (χ3n) is 8.31. The van der Waals surface area contributed by atoms with E-state index in [1.54, 1.807) is 17.0 Å². The van der Waals surface area contributed by atoms with Crippen LogP contribution in [0.1, 0.15) is 42.9 Å². The normalized spacial score (nSPS) is 19.0. The molecule has 6 rings (SSSR count). The van der Waals surface area contributed by atoms with Crippen LogP contribution in [0.15, 0.2) is 59.8 Å². The molecule has 11 nitrogen and oxygen atoms in total. The van der Waals surface area contributed by atoms with Crippen LogP contribution >= 0.6 is 35.0 Å². The lowest BCUT2D eigenvalue weighted by atomic mass is 10.0. The fourth-order valence-corrected chi connectivity index (χ4v) is 9.25. The molecule has 0 spiro atoms. The number of carbonyl (C=O) groups is 2. The highest BCUT2D eigenvalue weighted by Gasteiger charge is 2.42. The Morgan fingerprint density at radius 1 is 1.06 bits per heavy atom. The topological polar surface area (TPSA) is 129 Å². The number of hydrogen-bond acceptors (Lipinski definition) is 9. The van der Waals surface area contributed by atoms with Gasteiger partial charge in [-0.15, -0.1) is 11.8 Å². The molecule has 3 aromatic rings. The predicted molar refractivity (Wildman–Crippen MR) is 177 cm³/mol. The van der Waals surface area contributed by atoms with Crippen molar-refractivity contribution >= 4 is 62.6 Å². The molecule has 17 heteroatoms. The van der Waals surface area contributed by atoms with Gasteiger partial charge in [0.15, 0.2) is 29.3 Å². The summed E-state index contributed by atoms with van der Waals surface area (Å²) in [7, 11) is -4.18. The minimum atomic E-state index is -4.18. The third kappa shape index (κ3) is 8.17. The SMILES string of the molecule is O=C(OC(Cc1c(Cl)c[n+]([O-])cc1Cl)c1ccc(OC(F)F)c(OCC2CC2)c1)C1SCCN1S(=O)(=O)c1ccc(N2CCCC2=O)cc1. The monoisotopic (exact) mass is 757 g/mol. The van der Waals surface area contributed by atoms with E-state index in [4.69, 9.17) is 32.7 Å². The number of thioether (sulfide) groups is 1. The van der Waals surface area contributed by atoms with Gasteiger partial charge in [-0.1, -0.05) is 29.3 Å². The summed E-state index contributed by atoms with van der Waals surface area (Å²) in [4.78, 5) is 27.5. The fraction of sp³-hybridized carbons (Fsp3) is 0.406. The summed E-state index contributed by atoms with van der Waals surface area (Å²) in [6.07, 6.45) is 3.87. The van der Waals surface area contributed by atoms with Crippen molar-refractivity contribution in [3.63, 3.8) is 0 Å². The van der Waals surface area contributed by atoms with Gasteiger partial charge in [0.25, 0.3) is 0 Å². The third-order valence-corrected chi connectivity index (χ3v) is 12.2. The van der Waals surface area contributed by atoms with Gasteiger partial charge in [0.2, 0.25) is 15.9 Å². The van der Waals surface area contributed by atoms with Gasteiger partial charge in [-0.3, -0.25) is 4.79 Å². The number of pyridine rings is 1. The Balaban J connectivity index is 1.28. The number of carbonyl (C=O) groups excluding carboxylic acids is 2. The van der Waals surface area contributed by atoms with Crippen LogP contribution in [0.3, 0.4) is 0 Å². The number of sulfonamides is 1. The number of aromatic nitrogens is 1. The molecule has 0 N–H and O–H groups in total. The van der Waals surface area contributed by atoms with Crippen molar-refractivity contribution in [2.24, 2.45) is 5.92 Å². The number of ether oxygens (including phenoxy) is 3. The van der Waals surface area contributed by atoms with Crippen molar-refractivity contribution in [2.75, 3.05) is 30.3 Å². The van der Waals surface area contributed by atoms with Crippen LogP contribution in [-0.4, -0.2) is 62.0 Å². The van der Waals surface area contributed by atoms with Crippen LogP contribution in [0.5, 0.6) is 11.5 Å². The van der Waals surface area contributed by atoms with Gasteiger partial charge in [0, 0.05) is 42.9 Å². The minimum Gasteiger partial charge on any atom is -0.619 e. The number of nitrogens with zero attached hydrogens (tertiary/aromatic N) is 3. The molecule has 1 saturated carbocycles. The van der Waals surface area contributed by atoms with Crippen molar-refractivity contribution in [1.82, 2.24) is 4.31 Å². The van der Waals surface area contributed by atoms with Crippen LogP contribution in [0.4, 0.5) is 14.5 Å². The lowest BCUT2D eigenvalue weighted by Crippen LogP contribution is -2.40. The number of hydrogen-bond donors (Lipinski definition) is 0. The first kappa shape index (κ1) is 35.5. The Morgan fingerprint density at radius 3 is 2.41 bits per heavy atom. The van der Waals surface area contributed by atoms with Crippen molar-refractivity contribution < 1.29 is 45.7 Å². The number of esters is 1. The minimum absolute atomic E-state index is 0.00641. The molecule has 3 aliphatic rings. The summed E-state index contributed by atoms with van der Waals surface area (Å²) in [5.74, 6) is -0.535. The number of rotatable bonds is 13. The first-order valence-electron chi connectivity index (χ1n) is 15.4. The molecule has 2 atom stereocenters. The maximum Gasteiger partial charge on any atom is 0.387 e. The number of anilines is 1. The molecule has 2 unspecified atom stereocenters. The Bertz CT molecular complexity index is 1810. The zero-order chi connectivity index (χ0) is 34.9. The molecular formula is C32H31Cl2F2N3O8S2. The second-order valence-electron chi connectivity index (χ2n) is 11.7. The molecule has 3 fully saturated rings. The second-order valence-corrected chi connectivity index (χ2v) is 15.6. The molecule has 2 saturated heterocycles. The molecule has 0 bridgehead atoms. The average Bonchev–Trinajstić information content (AvgIpc) is 3.55. The van der Waals surface area contributed by atoms with E-state index in [1.807, 2.05) is 0 Å². The van der Waals surface area contributed by atoms with E-state index in [-0.39, 0.29) is 63.4 Å². The second kappa shape index (κ2) is 14.9. The molecule has 0 radical (unpaired) electrons. The van der Waals surface area contributed by atoms with E-state index in [0.717, 1.165) is 47.7 Å². The fourth-order valence-electron chi connectivity index (χ4n) is 5.60. The molecule has 2 aliphatic heterocycles. The Labute approximate surface area is 295 Å². The van der Waals surface area contributed by atoms with Crippen molar-refractivity contribution in [1.29, 1.82) is 0 Å². The number of alkyl halides is 2. The largest absolute Gasteiger partial charge is 0.619 e. The number of benzene rings is 2. The van der Waals surface area contributed by atoms with Gasteiger partial charge in [0.05, 0.1) is 11.5 Å². The summed E-state index contributed by atoms with van der Waals surface area (Å²) in [6.45, 7) is -2.26. The Morgan fingerprint density at radius 2 is 1.78 bits per heavy atom. The van der Waals surface area contributed by atoms with Gasteiger partial charge in [0.1, 0.15) is 16.1 Å². The van der Waals surface area contributed by atoms with E-state index in [1.165, 1.54) is 30.3 Å². The first-order valence-corrected chi connectivity index (χ1v) is 18.7. The van der Waals surface area contributed by atoms with E-state index in [9.17, 15) is 32.0 Å². The van der Waals surface area contributed by atoms with E-state index in [2.05, 4.69) is 4.74 Å². The molecule has 3 heterocycles. The summed E-state index contributed by atoms with van der Waals surface area (Å²) < 4.78 is 71.9. The summed E-state index contributed by atoms with van der Waals surface area (Å²) >= 11 is 13.8. The van der Waals surface area contributed by atoms with Gasteiger partial charge in [-0.05, 0) is 67.1 Å². The van der Waals surface area contributed by atoms with Crippen LogP contribution < -0.4 is 19.1 Å². The van der Waals surface area contributed by atoms with Gasteiger partial charge < -0.3 is 24.3 Å². The lowest BCUT2D eigenvalue weighted by Gasteiger charge is -2.26. The van der Waals surface area contributed by atoms with E-state index in [0.29, 0.717) is 34.7 Å². The summed E-state index contributed by atoms with van der Waals surface area (Å²) in [5, 5.41) is 10.6. The molecular weight excluding hydrogens is 727 g/mol. The van der Waals surface area contributed by atoms with Crippen molar-refractivity contribution in [3.05, 3.63) is 81.2 Å². The standard InChI is InChI=1S/C32H31Cl2F2N3O8S2/c33-24-16-37(42)17-25(34)23(24)15-27(20-5-10-26(47-32(35)36)28(14-20)45-18-19-3-4-19)46-31(41)30-39(12-13-48-30)49(43,44)22-8-6-21(7-9-22)38-11-1-2-29(38)40/h5-10,14,16-17,19,27,30,32H,1-4,11-13,15,18H2. The van der Waals surface area contributed by atoms with Gasteiger partial charge in [-0.2, -0.15) is 17.8 Å². The molecule has 49 heavy (non-hydrogen) atoms. The number of amides is 1. The smallest absolute Gasteiger partial charge is 0.387 e. The zero-order valence-electron chi connectivity index (χ0n) is 25.8. The zero-order valence-corrected chi connectivity index (χ0v) is 29.0. The Kier molecular flexibility index (Phi) is 10.7. The maximum atomic E-state index is 13.8. The summed E-state index contributed by atoms with van der Waals surface area (Å²) in [5.41, 5.74) is 1.15. The molecule has 262 valence electrons. The van der Waals surface area contributed by atoms with Crippen molar-refractivity contribution in [3.8, 4) is 11.5 Å². The highest BCUT2D eigenvalue weighted by atomic mass is 35.5. The van der Waals surface area contributed by atoms with Crippen LogP contribution in [0.25, 0.3) is 0 Å². The van der Waals surface area contributed by atoms with Crippen LogP contribution in [0.2, 0.25) is 10.0 Å². The lowest BCUT2D eigenvalue weighted by molar-refractivity contribution is -0.605. The Hall–Kier alpha value is -3.37. The maximum absolute atomic E-state index is 13.8. The van der Waals surface area contributed by atoms with Gasteiger partial charge >= 0.3 is 12.6 Å². The van der Waals surface area contributed by atoms with E-state index >= 15 is 0 Å². The van der Waals surface area contributed by atoms with Crippen molar-refractivity contribution in [2.45, 2.75) is 55.1 Å². The molecule has 2 aromatic carbocycles. The molecule has 1 aliphatic carbocycles. The highest BCUT2D eigenvalue weighted by molar-refractivity contribution is 8.02. The highest BCUT2D eigenvalue weighted by Crippen LogP contribution is 2.39. The van der Waals surface area contributed by atoms with Crippen LogP contribution in [-0.2, 0) is 30.8 Å². The summed E-state index contributed by atoms with van der Waals surface area (Å²) in [6, 6.07) is 10.0. The van der Waals surface area contributed by atoms with Crippen LogP contribution in [0, 0.1) is 11.1 Å². The quantitative estimate of drug-likeness (QED) is 0.122. The van der Waals surface area contributed by atoms with Gasteiger partial charge in [-0.25, -0.2) is 13.2 Å². The predicted octanol–water partition coefficient (Wildman–Crippen LogP) is 5.73. The molecule has 1 amide bonds. The number of halogens is 4.